The standard InChI is InChI=1S/C12H15F3N2O3S/c1-20-11-7-16-6-10(11)17-21(18,19)9-4-2-8(3-5-9)12(13,14)15/h2-5,10-11,16-17H,6-7H2,1H3/t10?,11-/m0/s1. The second-order valence-electron chi connectivity index (χ2n) is 4.68. The summed E-state index contributed by atoms with van der Waals surface area (Å²) in [5.74, 6) is 0. The van der Waals surface area contributed by atoms with Gasteiger partial charge in [0.15, 0.2) is 0 Å². The van der Waals surface area contributed by atoms with Gasteiger partial charge in [0.25, 0.3) is 0 Å². The van der Waals surface area contributed by atoms with Gasteiger partial charge >= 0.3 is 6.18 Å². The number of hydrogen-bond donors (Lipinski definition) is 2. The first-order valence-electron chi connectivity index (χ1n) is 6.17. The molecule has 21 heavy (non-hydrogen) atoms. The second-order valence-corrected chi connectivity index (χ2v) is 6.40. The van der Waals surface area contributed by atoms with Crippen LogP contribution in [0.2, 0.25) is 0 Å². The van der Waals surface area contributed by atoms with Crippen LogP contribution in [0, 0.1) is 0 Å². The number of alkyl halides is 3. The van der Waals surface area contributed by atoms with Crippen LogP contribution in [0.15, 0.2) is 29.2 Å². The number of hydrogen-bond acceptors (Lipinski definition) is 4. The van der Waals surface area contributed by atoms with Gasteiger partial charge in [-0.3, -0.25) is 0 Å². The van der Waals surface area contributed by atoms with Crippen molar-refractivity contribution >= 4 is 10.0 Å². The minimum Gasteiger partial charge on any atom is -0.378 e. The van der Waals surface area contributed by atoms with E-state index >= 15 is 0 Å². The van der Waals surface area contributed by atoms with Gasteiger partial charge in [0, 0.05) is 20.2 Å². The molecule has 0 spiro atoms. The Morgan fingerprint density at radius 2 is 1.86 bits per heavy atom. The molecule has 2 rings (SSSR count). The van der Waals surface area contributed by atoms with Crippen molar-refractivity contribution < 1.29 is 26.3 Å². The minimum atomic E-state index is -4.49. The normalized spacial score (nSPS) is 23.4. The highest BCUT2D eigenvalue weighted by atomic mass is 32.2. The quantitative estimate of drug-likeness (QED) is 0.866. The maximum Gasteiger partial charge on any atom is 0.416 e. The molecule has 2 N–H and O–H groups in total. The average Bonchev–Trinajstić information content (AvgIpc) is 2.84. The fourth-order valence-corrected chi connectivity index (χ4v) is 3.37. The highest BCUT2D eigenvalue weighted by Crippen LogP contribution is 2.29. The largest absolute Gasteiger partial charge is 0.416 e. The molecule has 0 saturated carbocycles. The molecule has 1 fully saturated rings. The highest BCUT2D eigenvalue weighted by molar-refractivity contribution is 7.89. The molecule has 0 amide bonds. The monoisotopic (exact) mass is 324 g/mol. The van der Waals surface area contributed by atoms with Crippen molar-refractivity contribution in [1.82, 2.24) is 10.0 Å². The topological polar surface area (TPSA) is 67.4 Å². The molecule has 9 heteroatoms. The van der Waals surface area contributed by atoms with Crippen LogP contribution in [0.1, 0.15) is 5.56 Å². The van der Waals surface area contributed by atoms with Gasteiger partial charge in [-0.15, -0.1) is 0 Å². The number of halogens is 3. The summed E-state index contributed by atoms with van der Waals surface area (Å²) in [4.78, 5) is -0.211. The van der Waals surface area contributed by atoms with E-state index in [1.807, 2.05) is 0 Å². The van der Waals surface area contributed by atoms with Crippen LogP contribution >= 0.6 is 0 Å². The van der Waals surface area contributed by atoms with E-state index in [2.05, 4.69) is 10.0 Å². The van der Waals surface area contributed by atoms with Gasteiger partial charge in [-0.1, -0.05) is 0 Å². The lowest BCUT2D eigenvalue weighted by Crippen LogP contribution is -2.43. The molecule has 1 aromatic carbocycles. The van der Waals surface area contributed by atoms with Crippen LogP contribution < -0.4 is 10.0 Å². The SMILES string of the molecule is CO[C@H]1CNCC1NS(=O)(=O)c1ccc(C(F)(F)F)cc1. The van der Waals surface area contributed by atoms with Crippen LogP contribution in [0.4, 0.5) is 13.2 Å². The Bertz CT molecular complexity index is 587. The van der Waals surface area contributed by atoms with Crippen LogP contribution in [0.3, 0.4) is 0 Å². The van der Waals surface area contributed by atoms with E-state index < -0.39 is 27.8 Å². The summed E-state index contributed by atoms with van der Waals surface area (Å²) in [5, 5.41) is 2.98. The molecule has 0 radical (unpaired) electrons. The van der Waals surface area contributed by atoms with Crippen molar-refractivity contribution in [2.24, 2.45) is 0 Å². The van der Waals surface area contributed by atoms with Gasteiger partial charge in [-0.25, -0.2) is 13.1 Å². The predicted molar refractivity (Wildman–Crippen MR) is 69.2 cm³/mol. The molecule has 5 nitrogen and oxygen atoms in total. The Hall–Kier alpha value is -1.16. The van der Waals surface area contributed by atoms with Crippen molar-refractivity contribution in [2.75, 3.05) is 20.2 Å². The van der Waals surface area contributed by atoms with Crippen LogP contribution in [0.25, 0.3) is 0 Å². The summed E-state index contributed by atoms with van der Waals surface area (Å²) in [6.07, 6.45) is -4.80. The molecule has 118 valence electrons. The van der Waals surface area contributed by atoms with E-state index in [4.69, 9.17) is 4.74 Å². The molecule has 1 heterocycles. The van der Waals surface area contributed by atoms with Gasteiger partial charge in [-0.05, 0) is 24.3 Å². The number of methoxy groups -OCH3 is 1. The van der Waals surface area contributed by atoms with Gasteiger partial charge < -0.3 is 10.1 Å². The molecule has 2 atom stereocenters. The maximum absolute atomic E-state index is 12.5. The highest BCUT2D eigenvalue weighted by Gasteiger charge is 2.33. The number of rotatable bonds is 4. The molecule has 0 aromatic heterocycles. The Labute approximate surface area is 120 Å². The minimum absolute atomic E-state index is 0.211. The third kappa shape index (κ3) is 3.73. The summed E-state index contributed by atoms with van der Waals surface area (Å²) in [6, 6.07) is 2.91. The Kier molecular flexibility index (Phi) is 4.57. The third-order valence-electron chi connectivity index (χ3n) is 3.26. The van der Waals surface area contributed by atoms with Gasteiger partial charge in [-0.2, -0.15) is 13.2 Å². The Morgan fingerprint density at radius 1 is 1.24 bits per heavy atom. The molecule has 1 saturated heterocycles. The van der Waals surface area contributed by atoms with Gasteiger partial charge in [0.1, 0.15) is 0 Å². The predicted octanol–water partition coefficient (Wildman–Crippen LogP) is 0.970. The molecule has 1 aliphatic heterocycles. The first-order valence-corrected chi connectivity index (χ1v) is 7.65. The fraction of sp³-hybridized carbons (Fsp3) is 0.500. The van der Waals surface area contributed by atoms with Crippen LogP contribution in [0.5, 0.6) is 0 Å². The van der Waals surface area contributed by atoms with Gasteiger partial charge in [0.2, 0.25) is 10.0 Å². The third-order valence-corrected chi connectivity index (χ3v) is 4.77. The van der Waals surface area contributed by atoms with Crippen molar-refractivity contribution in [3.8, 4) is 0 Å². The maximum atomic E-state index is 12.5. The zero-order valence-corrected chi connectivity index (χ0v) is 12.0. The fourth-order valence-electron chi connectivity index (χ4n) is 2.11. The molecule has 0 aliphatic carbocycles. The smallest absolute Gasteiger partial charge is 0.378 e. The lowest BCUT2D eigenvalue weighted by molar-refractivity contribution is -0.137. The van der Waals surface area contributed by atoms with E-state index in [1.165, 1.54) is 7.11 Å². The molecule has 0 bridgehead atoms. The van der Waals surface area contributed by atoms with Crippen molar-refractivity contribution in [3.05, 3.63) is 29.8 Å². The summed E-state index contributed by atoms with van der Waals surface area (Å²) in [5.41, 5.74) is -0.890. The van der Waals surface area contributed by atoms with Crippen molar-refractivity contribution in [3.63, 3.8) is 0 Å². The van der Waals surface area contributed by atoms with E-state index in [0.29, 0.717) is 13.1 Å². The zero-order chi connectivity index (χ0) is 15.7. The first-order chi connectivity index (χ1) is 9.74. The summed E-state index contributed by atoms with van der Waals surface area (Å²) < 4.78 is 69.2. The molecule has 1 unspecified atom stereocenters. The summed E-state index contributed by atoms with van der Waals surface area (Å²) in [6.45, 7) is 0.912. The Balaban J connectivity index is 2.16. The average molecular weight is 324 g/mol. The molecule has 1 aromatic rings. The zero-order valence-electron chi connectivity index (χ0n) is 11.1. The molecular weight excluding hydrogens is 309 g/mol. The molecular formula is C12H15F3N2O3S. The molecule has 1 aliphatic rings. The second kappa shape index (κ2) is 5.91. The summed E-state index contributed by atoms with van der Waals surface area (Å²) >= 11 is 0. The number of nitrogens with one attached hydrogen (secondary N) is 2. The van der Waals surface area contributed by atoms with Crippen molar-refractivity contribution in [2.45, 2.75) is 23.2 Å². The van der Waals surface area contributed by atoms with E-state index in [-0.39, 0.29) is 11.0 Å². The van der Waals surface area contributed by atoms with E-state index in [9.17, 15) is 21.6 Å². The first kappa shape index (κ1) is 16.2. The number of sulfonamides is 1. The van der Waals surface area contributed by atoms with E-state index in [0.717, 1.165) is 24.3 Å². The number of ether oxygens (including phenoxy) is 1. The van der Waals surface area contributed by atoms with Gasteiger partial charge in [0.05, 0.1) is 22.6 Å². The van der Waals surface area contributed by atoms with Crippen LogP contribution in [-0.2, 0) is 20.9 Å². The van der Waals surface area contributed by atoms with Crippen molar-refractivity contribution in [1.29, 1.82) is 0 Å². The Morgan fingerprint density at radius 3 is 2.38 bits per heavy atom. The van der Waals surface area contributed by atoms with Crippen LogP contribution in [-0.4, -0.2) is 40.8 Å². The van der Waals surface area contributed by atoms with E-state index in [1.54, 1.807) is 0 Å². The summed E-state index contributed by atoms with van der Waals surface area (Å²) in [7, 11) is -2.42. The lowest BCUT2D eigenvalue weighted by Gasteiger charge is -2.18. The lowest BCUT2D eigenvalue weighted by atomic mass is 10.2. The number of benzene rings is 1.